The standard InChI is InChI=1S/C23H36O2/c1-4-7-10-15-21(17-20-13-11-9-12-14-20)22-24-18-23(6-3,19-25-22)16-8-5-2/h9,11-14,17,22H,4-8,10,15-16,18-19H2,1-3H3/b21-17+. The summed E-state index contributed by atoms with van der Waals surface area (Å²) in [6.07, 6.45) is 11.7. The summed E-state index contributed by atoms with van der Waals surface area (Å²) in [5.74, 6) is 0. The molecule has 140 valence electrons. The van der Waals surface area contributed by atoms with Crippen molar-refractivity contribution in [2.24, 2.45) is 5.41 Å². The van der Waals surface area contributed by atoms with Crippen LogP contribution in [-0.2, 0) is 9.47 Å². The number of hydrogen-bond acceptors (Lipinski definition) is 2. The molecule has 0 aliphatic carbocycles. The van der Waals surface area contributed by atoms with E-state index in [1.807, 2.05) is 0 Å². The first kappa shape index (κ1) is 20.2. The van der Waals surface area contributed by atoms with Gasteiger partial charge in [0, 0.05) is 5.41 Å². The molecule has 0 atom stereocenters. The predicted molar refractivity (Wildman–Crippen MR) is 107 cm³/mol. The Morgan fingerprint density at radius 2 is 1.68 bits per heavy atom. The number of ether oxygens (including phenoxy) is 2. The number of hydrogen-bond donors (Lipinski definition) is 0. The minimum absolute atomic E-state index is 0.168. The summed E-state index contributed by atoms with van der Waals surface area (Å²) in [6.45, 7) is 8.43. The molecule has 0 saturated carbocycles. The minimum atomic E-state index is -0.168. The highest BCUT2D eigenvalue weighted by molar-refractivity contribution is 5.53. The summed E-state index contributed by atoms with van der Waals surface area (Å²) >= 11 is 0. The van der Waals surface area contributed by atoms with Gasteiger partial charge in [0.15, 0.2) is 6.29 Å². The fraction of sp³-hybridized carbons (Fsp3) is 0.652. The van der Waals surface area contributed by atoms with Crippen molar-refractivity contribution < 1.29 is 9.47 Å². The van der Waals surface area contributed by atoms with Crippen LogP contribution in [0.2, 0.25) is 0 Å². The molecular formula is C23H36O2. The number of benzene rings is 1. The van der Waals surface area contributed by atoms with E-state index in [0.29, 0.717) is 0 Å². The van der Waals surface area contributed by atoms with E-state index in [1.54, 1.807) is 0 Å². The molecule has 1 aliphatic heterocycles. The van der Waals surface area contributed by atoms with Crippen LogP contribution >= 0.6 is 0 Å². The van der Waals surface area contributed by atoms with Gasteiger partial charge in [0.25, 0.3) is 0 Å². The van der Waals surface area contributed by atoms with Crippen molar-refractivity contribution >= 4 is 6.08 Å². The highest BCUT2D eigenvalue weighted by Crippen LogP contribution is 2.36. The molecule has 2 rings (SSSR count). The van der Waals surface area contributed by atoms with Crippen molar-refractivity contribution in [3.8, 4) is 0 Å². The van der Waals surface area contributed by atoms with Gasteiger partial charge in [-0.2, -0.15) is 0 Å². The first-order chi connectivity index (χ1) is 12.2. The molecule has 0 aromatic heterocycles. The lowest BCUT2D eigenvalue weighted by Crippen LogP contribution is -2.42. The zero-order valence-electron chi connectivity index (χ0n) is 16.4. The van der Waals surface area contributed by atoms with Crippen LogP contribution in [0.25, 0.3) is 6.08 Å². The van der Waals surface area contributed by atoms with Gasteiger partial charge in [-0.15, -0.1) is 0 Å². The van der Waals surface area contributed by atoms with Crippen molar-refractivity contribution in [2.45, 2.75) is 78.4 Å². The van der Waals surface area contributed by atoms with Gasteiger partial charge in [-0.1, -0.05) is 82.9 Å². The van der Waals surface area contributed by atoms with Crippen LogP contribution in [0.1, 0.15) is 77.7 Å². The molecule has 0 radical (unpaired) electrons. The van der Waals surface area contributed by atoms with E-state index in [-0.39, 0.29) is 11.7 Å². The zero-order valence-corrected chi connectivity index (χ0v) is 16.4. The molecule has 2 nitrogen and oxygen atoms in total. The zero-order chi connectivity index (χ0) is 18.0. The number of unbranched alkanes of at least 4 members (excludes halogenated alkanes) is 3. The third-order valence-electron chi connectivity index (χ3n) is 5.42. The summed E-state index contributed by atoms with van der Waals surface area (Å²) in [7, 11) is 0. The van der Waals surface area contributed by atoms with Gasteiger partial charge in [-0.3, -0.25) is 0 Å². The highest BCUT2D eigenvalue weighted by atomic mass is 16.7. The Morgan fingerprint density at radius 3 is 2.28 bits per heavy atom. The van der Waals surface area contributed by atoms with Gasteiger partial charge in [0.1, 0.15) is 0 Å². The van der Waals surface area contributed by atoms with Crippen molar-refractivity contribution in [3.05, 3.63) is 41.5 Å². The first-order valence-corrected chi connectivity index (χ1v) is 10.2. The number of rotatable bonds is 10. The lowest BCUT2D eigenvalue weighted by atomic mass is 9.81. The Labute approximate surface area is 154 Å². The molecule has 2 heteroatoms. The largest absolute Gasteiger partial charge is 0.348 e. The van der Waals surface area contributed by atoms with E-state index in [0.717, 1.165) is 26.1 Å². The third-order valence-corrected chi connectivity index (χ3v) is 5.42. The molecule has 0 bridgehead atoms. The van der Waals surface area contributed by atoms with Crippen molar-refractivity contribution in [3.63, 3.8) is 0 Å². The Hall–Kier alpha value is -1.12. The van der Waals surface area contributed by atoms with Crippen LogP contribution in [0.15, 0.2) is 35.9 Å². The second-order valence-electron chi connectivity index (χ2n) is 7.50. The maximum absolute atomic E-state index is 6.26. The molecule has 1 aliphatic rings. The van der Waals surface area contributed by atoms with Crippen LogP contribution in [0.3, 0.4) is 0 Å². The normalized spacial score (nSPS) is 24.4. The van der Waals surface area contributed by atoms with E-state index in [4.69, 9.17) is 9.47 Å². The molecule has 1 aromatic rings. The quantitative estimate of drug-likeness (QED) is 0.445. The Kier molecular flexibility index (Phi) is 8.71. The van der Waals surface area contributed by atoms with Crippen LogP contribution in [0, 0.1) is 5.41 Å². The van der Waals surface area contributed by atoms with Crippen LogP contribution in [0.5, 0.6) is 0 Å². The molecular weight excluding hydrogens is 308 g/mol. The fourth-order valence-corrected chi connectivity index (χ4v) is 3.49. The average molecular weight is 345 g/mol. The fourth-order valence-electron chi connectivity index (χ4n) is 3.49. The highest BCUT2D eigenvalue weighted by Gasteiger charge is 2.35. The van der Waals surface area contributed by atoms with Crippen molar-refractivity contribution in [2.75, 3.05) is 13.2 Å². The summed E-state index contributed by atoms with van der Waals surface area (Å²) < 4.78 is 12.5. The molecule has 0 amide bonds. The van der Waals surface area contributed by atoms with Crippen molar-refractivity contribution in [1.82, 2.24) is 0 Å². The molecule has 1 aromatic carbocycles. The molecule has 0 N–H and O–H groups in total. The van der Waals surface area contributed by atoms with Crippen LogP contribution < -0.4 is 0 Å². The van der Waals surface area contributed by atoms with E-state index >= 15 is 0 Å². The molecule has 1 fully saturated rings. The maximum atomic E-state index is 6.26. The molecule has 1 heterocycles. The van der Waals surface area contributed by atoms with Gasteiger partial charge >= 0.3 is 0 Å². The topological polar surface area (TPSA) is 18.5 Å². The van der Waals surface area contributed by atoms with Crippen LogP contribution in [0.4, 0.5) is 0 Å². The third kappa shape index (κ3) is 6.27. The van der Waals surface area contributed by atoms with E-state index in [9.17, 15) is 0 Å². The minimum Gasteiger partial charge on any atom is -0.348 e. The summed E-state index contributed by atoms with van der Waals surface area (Å²) in [5, 5.41) is 0. The second kappa shape index (κ2) is 10.8. The monoisotopic (exact) mass is 344 g/mol. The van der Waals surface area contributed by atoms with Gasteiger partial charge in [0.05, 0.1) is 13.2 Å². The lowest BCUT2D eigenvalue weighted by Gasteiger charge is -2.40. The first-order valence-electron chi connectivity index (χ1n) is 10.2. The van der Waals surface area contributed by atoms with Gasteiger partial charge in [-0.05, 0) is 36.8 Å². The van der Waals surface area contributed by atoms with Crippen molar-refractivity contribution in [1.29, 1.82) is 0 Å². The van der Waals surface area contributed by atoms with E-state index in [1.165, 1.54) is 49.7 Å². The second-order valence-corrected chi connectivity index (χ2v) is 7.50. The van der Waals surface area contributed by atoms with Gasteiger partial charge in [0.2, 0.25) is 0 Å². The smallest absolute Gasteiger partial charge is 0.180 e. The Balaban J connectivity index is 2.04. The lowest BCUT2D eigenvalue weighted by molar-refractivity contribution is -0.215. The predicted octanol–water partition coefficient (Wildman–Crippen LogP) is 6.61. The average Bonchev–Trinajstić information content (AvgIpc) is 2.67. The maximum Gasteiger partial charge on any atom is 0.180 e. The Bertz CT molecular complexity index is 498. The molecule has 25 heavy (non-hydrogen) atoms. The summed E-state index contributed by atoms with van der Waals surface area (Å²) in [5.41, 5.74) is 2.74. The summed E-state index contributed by atoms with van der Waals surface area (Å²) in [4.78, 5) is 0. The SMILES string of the molecule is CCCCC/C(=C\c1ccccc1)C1OCC(CC)(CCCC)CO1. The molecule has 0 spiro atoms. The van der Waals surface area contributed by atoms with E-state index in [2.05, 4.69) is 57.2 Å². The molecule has 0 unspecified atom stereocenters. The van der Waals surface area contributed by atoms with E-state index < -0.39 is 0 Å². The Morgan fingerprint density at radius 1 is 1.00 bits per heavy atom. The molecule has 1 saturated heterocycles. The summed E-state index contributed by atoms with van der Waals surface area (Å²) in [6, 6.07) is 10.5. The van der Waals surface area contributed by atoms with Gasteiger partial charge < -0.3 is 9.47 Å². The van der Waals surface area contributed by atoms with Crippen LogP contribution in [-0.4, -0.2) is 19.5 Å². The van der Waals surface area contributed by atoms with Gasteiger partial charge in [-0.25, -0.2) is 0 Å².